The average molecular weight is 236 g/mol. The van der Waals surface area contributed by atoms with E-state index in [1.54, 1.807) is 6.07 Å². The van der Waals surface area contributed by atoms with E-state index in [-0.39, 0.29) is 22.9 Å². The third-order valence-electron chi connectivity index (χ3n) is 2.41. The van der Waals surface area contributed by atoms with E-state index in [1.165, 1.54) is 4.68 Å². The lowest BCUT2D eigenvalue weighted by atomic mass is 10.1. The number of aromatic nitrogens is 2. The SMILES string of the molecule is CC(C)Cn1nc(C(C)C)cc(C(=N)N)c1=O. The van der Waals surface area contributed by atoms with Crippen molar-refractivity contribution in [2.75, 3.05) is 0 Å². The lowest BCUT2D eigenvalue weighted by Crippen LogP contribution is -2.33. The number of hydrogen-bond donors (Lipinski definition) is 2. The Morgan fingerprint density at radius 2 is 2.06 bits per heavy atom. The highest BCUT2D eigenvalue weighted by Gasteiger charge is 2.13. The van der Waals surface area contributed by atoms with Gasteiger partial charge in [0.25, 0.3) is 5.56 Å². The summed E-state index contributed by atoms with van der Waals surface area (Å²) in [6, 6.07) is 1.62. The maximum Gasteiger partial charge on any atom is 0.277 e. The van der Waals surface area contributed by atoms with Crippen LogP contribution < -0.4 is 11.3 Å². The average Bonchev–Trinajstić information content (AvgIpc) is 2.19. The predicted molar refractivity (Wildman–Crippen MR) is 68.4 cm³/mol. The molecule has 0 aliphatic carbocycles. The molecular weight excluding hydrogens is 216 g/mol. The zero-order chi connectivity index (χ0) is 13.2. The van der Waals surface area contributed by atoms with Gasteiger partial charge in [-0.05, 0) is 17.9 Å². The molecule has 0 saturated heterocycles. The minimum Gasteiger partial charge on any atom is -0.384 e. The molecule has 0 aliphatic rings. The van der Waals surface area contributed by atoms with Crippen LogP contribution in [0.4, 0.5) is 0 Å². The first-order valence-electron chi connectivity index (χ1n) is 5.79. The van der Waals surface area contributed by atoms with E-state index in [0.717, 1.165) is 5.69 Å². The summed E-state index contributed by atoms with van der Waals surface area (Å²) < 4.78 is 1.41. The van der Waals surface area contributed by atoms with E-state index in [4.69, 9.17) is 11.1 Å². The Bertz CT molecular complexity index is 474. The predicted octanol–water partition coefficient (Wildman–Crippen LogP) is 1.31. The highest BCUT2D eigenvalue weighted by atomic mass is 16.1. The Labute approximate surface area is 101 Å². The van der Waals surface area contributed by atoms with Crippen LogP contribution in [0.5, 0.6) is 0 Å². The van der Waals surface area contributed by atoms with Crippen molar-refractivity contribution in [1.29, 1.82) is 5.41 Å². The molecular formula is C12H20N4O. The van der Waals surface area contributed by atoms with Crippen LogP contribution >= 0.6 is 0 Å². The maximum atomic E-state index is 12.0. The number of hydrogen-bond acceptors (Lipinski definition) is 3. The molecule has 0 unspecified atom stereocenters. The number of nitrogens with one attached hydrogen (secondary N) is 1. The van der Waals surface area contributed by atoms with E-state index in [9.17, 15) is 4.79 Å². The Hall–Kier alpha value is -1.65. The van der Waals surface area contributed by atoms with E-state index in [1.807, 2.05) is 27.7 Å². The van der Waals surface area contributed by atoms with Gasteiger partial charge in [0.05, 0.1) is 11.3 Å². The van der Waals surface area contributed by atoms with Gasteiger partial charge in [-0.25, -0.2) is 4.68 Å². The van der Waals surface area contributed by atoms with Crippen molar-refractivity contribution in [2.24, 2.45) is 11.7 Å². The van der Waals surface area contributed by atoms with Gasteiger partial charge in [-0.3, -0.25) is 10.2 Å². The first-order chi connectivity index (χ1) is 7.82. The molecule has 5 nitrogen and oxygen atoms in total. The lowest BCUT2D eigenvalue weighted by molar-refractivity contribution is 0.454. The second-order valence-corrected chi connectivity index (χ2v) is 4.93. The van der Waals surface area contributed by atoms with Crippen LogP contribution in [0.1, 0.15) is 44.9 Å². The molecule has 0 saturated carbocycles. The molecule has 0 spiro atoms. The van der Waals surface area contributed by atoms with Crippen molar-refractivity contribution in [1.82, 2.24) is 9.78 Å². The highest BCUT2D eigenvalue weighted by Crippen LogP contribution is 2.11. The van der Waals surface area contributed by atoms with Gasteiger partial charge in [0, 0.05) is 6.54 Å². The third kappa shape index (κ3) is 3.15. The van der Waals surface area contributed by atoms with E-state index in [0.29, 0.717) is 12.5 Å². The van der Waals surface area contributed by atoms with Gasteiger partial charge >= 0.3 is 0 Å². The fraction of sp³-hybridized carbons (Fsp3) is 0.583. The van der Waals surface area contributed by atoms with Crippen molar-refractivity contribution in [3.63, 3.8) is 0 Å². The van der Waals surface area contributed by atoms with E-state index in [2.05, 4.69) is 5.10 Å². The topological polar surface area (TPSA) is 84.8 Å². The van der Waals surface area contributed by atoms with Crippen molar-refractivity contribution >= 4 is 5.84 Å². The monoisotopic (exact) mass is 236 g/mol. The minimum atomic E-state index is -0.282. The molecule has 0 amide bonds. The molecule has 1 aromatic heterocycles. The Morgan fingerprint density at radius 3 is 2.47 bits per heavy atom. The number of rotatable bonds is 4. The molecule has 5 heteroatoms. The van der Waals surface area contributed by atoms with Gasteiger partial charge < -0.3 is 5.73 Å². The van der Waals surface area contributed by atoms with Crippen LogP contribution in [0.15, 0.2) is 10.9 Å². The zero-order valence-electron chi connectivity index (χ0n) is 10.8. The lowest BCUT2D eigenvalue weighted by Gasteiger charge is -2.13. The Balaban J connectivity index is 3.38. The van der Waals surface area contributed by atoms with Crippen LogP contribution in [0.2, 0.25) is 0 Å². The third-order valence-corrected chi connectivity index (χ3v) is 2.41. The van der Waals surface area contributed by atoms with Crippen molar-refractivity contribution < 1.29 is 0 Å². The Morgan fingerprint density at radius 1 is 1.47 bits per heavy atom. The summed E-state index contributed by atoms with van der Waals surface area (Å²) in [5.41, 5.74) is 6.17. The number of nitrogens with two attached hydrogens (primary N) is 1. The summed E-state index contributed by atoms with van der Waals surface area (Å²) >= 11 is 0. The minimum absolute atomic E-state index is 0.197. The molecule has 0 fully saturated rings. The molecule has 0 atom stereocenters. The maximum absolute atomic E-state index is 12.0. The zero-order valence-corrected chi connectivity index (χ0v) is 10.8. The molecule has 1 heterocycles. The number of amidine groups is 1. The molecule has 0 aromatic carbocycles. The van der Waals surface area contributed by atoms with Gasteiger partial charge in [0.2, 0.25) is 0 Å². The fourth-order valence-corrected chi connectivity index (χ4v) is 1.51. The second-order valence-electron chi connectivity index (χ2n) is 4.93. The van der Waals surface area contributed by atoms with Crippen LogP contribution in [0.3, 0.4) is 0 Å². The van der Waals surface area contributed by atoms with Gasteiger partial charge in [-0.15, -0.1) is 0 Å². The van der Waals surface area contributed by atoms with Crippen molar-refractivity contribution in [2.45, 2.75) is 40.2 Å². The molecule has 0 bridgehead atoms. The highest BCUT2D eigenvalue weighted by molar-refractivity contribution is 5.94. The van der Waals surface area contributed by atoms with Crippen LogP contribution in [-0.2, 0) is 6.54 Å². The van der Waals surface area contributed by atoms with Crippen LogP contribution in [0.25, 0.3) is 0 Å². The van der Waals surface area contributed by atoms with Crippen molar-refractivity contribution in [3.8, 4) is 0 Å². The summed E-state index contributed by atoms with van der Waals surface area (Å²) in [7, 11) is 0. The van der Waals surface area contributed by atoms with E-state index < -0.39 is 0 Å². The Kier molecular flexibility index (Phi) is 4.04. The van der Waals surface area contributed by atoms with Crippen LogP contribution in [-0.4, -0.2) is 15.6 Å². The van der Waals surface area contributed by atoms with Crippen molar-refractivity contribution in [3.05, 3.63) is 27.7 Å². The molecule has 1 rings (SSSR count). The van der Waals surface area contributed by atoms with Gasteiger partial charge in [0.1, 0.15) is 5.84 Å². The quantitative estimate of drug-likeness (QED) is 0.610. The standard InChI is InChI=1S/C12H20N4O/c1-7(2)6-16-12(17)9(11(13)14)5-10(15-16)8(3)4/h5,7-8H,6H2,1-4H3,(H3,13,14). The van der Waals surface area contributed by atoms with Gasteiger partial charge in [-0.1, -0.05) is 27.7 Å². The molecule has 1 aromatic rings. The van der Waals surface area contributed by atoms with E-state index >= 15 is 0 Å². The molecule has 17 heavy (non-hydrogen) atoms. The van der Waals surface area contributed by atoms with Gasteiger partial charge in [-0.2, -0.15) is 5.10 Å². The largest absolute Gasteiger partial charge is 0.384 e. The van der Waals surface area contributed by atoms with Crippen LogP contribution in [0, 0.1) is 11.3 Å². The number of nitrogen functional groups attached to an aromatic ring is 1. The summed E-state index contributed by atoms with van der Waals surface area (Å²) in [6.45, 7) is 8.57. The first kappa shape index (κ1) is 13.4. The first-order valence-corrected chi connectivity index (χ1v) is 5.79. The normalized spacial score (nSPS) is 11.2. The smallest absolute Gasteiger partial charge is 0.277 e. The summed E-state index contributed by atoms with van der Waals surface area (Å²) in [5, 5.41) is 11.7. The second kappa shape index (κ2) is 5.12. The molecule has 0 aliphatic heterocycles. The summed E-state index contributed by atoms with van der Waals surface area (Å²) in [4.78, 5) is 12.0. The van der Waals surface area contributed by atoms with Gasteiger partial charge in [0.15, 0.2) is 0 Å². The fourth-order valence-electron chi connectivity index (χ4n) is 1.51. The molecule has 94 valence electrons. The molecule has 3 N–H and O–H groups in total. The molecule has 0 radical (unpaired) electrons. The summed E-state index contributed by atoms with van der Waals surface area (Å²) in [6.07, 6.45) is 0. The summed E-state index contributed by atoms with van der Waals surface area (Å²) in [5.74, 6) is 0.325. The number of nitrogens with zero attached hydrogens (tertiary/aromatic N) is 2.